The van der Waals surface area contributed by atoms with E-state index in [-0.39, 0.29) is 0 Å². The zero-order valence-corrected chi connectivity index (χ0v) is 4.63. The molecule has 0 aromatic carbocycles. The summed E-state index contributed by atoms with van der Waals surface area (Å²) in [7, 11) is 1.88. The van der Waals surface area contributed by atoms with Crippen LogP contribution in [0.15, 0.2) is 12.5 Å². The van der Waals surface area contributed by atoms with Crippen LogP contribution in [0.2, 0.25) is 0 Å². The summed E-state index contributed by atoms with van der Waals surface area (Å²) in [5.41, 5.74) is 0.688. The Hall–Kier alpha value is -1.23. The quantitative estimate of drug-likeness (QED) is 0.438. The maximum absolute atomic E-state index is 5.04. The van der Waals surface area contributed by atoms with E-state index in [1.165, 1.54) is 0 Å². The van der Waals surface area contributed by atoms with Crippen molar-refractivity contribution in [3.05, 3.63) is 18.2 Å². The summed E-state index contributed by atoms with van der Waals surface area (Å²) in [4.78, 5) is 3.86. The average Bonchev–Trinajstić information content (AvgIpc) is 2.14. The van der Waals surface area contributed by atoms with E-state index in [2.05, 4.69) is 10.9 Å². The molecule has 0 aliphatic heterocycles. The second-order valence-electron chi connectivity index (χ2n) is 1.57. The molecule has 2 heteroatoms. The second-order valence-corrected chi connectivity index (χ2v) is 1.57. The first-order valence-corrected chi connectivity index (χ1v) is 2.27. The van der Waals surface area contributed by atoms with Crippen molar-refractivity contribution >= 4 is 0 Å². The number of aryl methyl sites for hydroxylation is 1. The third-order valence-corrected chi connectivity index (χ3v) is 0.853. The molecule has 0 bridgehead atoms. The van der Waals surface area contributed by atoms with Crippen LogP contribution in [0, 0.1) is 12.3 Å². The minimum absolute atomic E-state index is 0.688. The van der Waals surface area contributed by atoms with Gasteiger partial charge in [0.1, 0.15) is 5.69 Å². The molecule has 0 N–H and O–H groups in total. The number of aromatic nitrogens is 2. The predicted molar refractivity (Wildman–Crippen MR) is 31.1 cm³/mol. The lowest BCUT2D eigenvalue weighted by Crippen LogP contribution is -1.77. The Kier molecular flexibility index (Phi) is 1.05. The van der Waals surface area contributed by atoms with Gasteiger partial charge in [0.2, 0.25) is 0 Å². The fourth-order valence-corrected chi connectivity index (χ4v) is 0.487. The summed E-state index contributed by atoms with van der Waals surface area (Å²) in [6, 6.07) is 0. The normalized spacial score (nSPS) is 8.50. The maximum atomic E-state index is 5.04. The number of imidazole rings is 1. The minimum Gasteiger partial charge on any atom is -0.339 e. The molecule has 1 rings (SSSR count). The van der Waals surface area contributed by atoms with Gasteiger partial charge in [0.15, 0.2) is 0 Å². The Balaban J connectivity index is 3.05. The zero-order chi connectivity index (χ0) is 5.98. The van der Waals surface area contributed by atoms with E-state index in [0.29, 0.717) is 5.69 Å². The van der Waals surface area contributed by atoms with Gasteiger partial charge in [-0.1, -0.05) is 0 Å². The number of terminal acetylenes is 1. The molecule has 0 spiro atoms. The molecule has 0 saturated carbocycles. The predicted octanol–water partition coefficient (Wildman–Crippen LogP) is 0.401. The highest BCUT2D eigenvalue weighted by Gasteiger charge is 1.85. The van der Waals surface area contributed by atoms with Crippen molar-refractivity contribution in [3.63, 3.8) is 0 Å². The fraction of sp³-hybridized carbons (Fsp3) is 0.167. The summed E-state index contributed by atoms with van der Waals surface area (Å²) >= 11 is 0. The molecule has 0 fully saturated rings. The average molecular weight is 106 g/mol. The van der Waals surface area contributed by atoms with Crippen LogP contribution >= 0.6 is 0 Å². The van der Waals surface area contributed by atoms with Crippen molar-refractivity contribution < 1.29 is 0 Å². The van der Waals surface area contributed by atoms with E-state index in [1.54, 1.807) is 12.5 Å². The number of hydrogen-bond acceptors (Lipinski definition) is 1. The van der Waals surface area contributed by atoms with Gasteiger partial charge in [0.05, 0.1) is 6.33 Å². The SMILES string of the molecule is C#Cc1cn(C)cn1. The van der Waals surface area contributed by atoms with Gasteiger partial charge in [0, 0.05) is 13.2 Å². The van der Waals surface area contributed by atoms with Crippen LogP contribution in [0.3, 0.4) is 0 Å². The molecule has 0 unspecified atom stereocenters. The maximum Gasteiger partial charge on any atom is 0.130 e. The minimum atomic E-state index is 0.688. The Morgan fingerprint density at radius 2 is 2.62 bits per heavy atom. The molecule has 0 amide bonds. The molecule has 1 heterocycles. The number of hydrogen-bond donors (Lipinski definition) is 0. The highest BCUT2D eigenvalue weighted by molar-refractivity contribution is 5.20. The molecular weight excluding hydrogens is 100 g/mol. The van der Waals surface area contributed by atoms with E-state index in [4.69, 9.17) is 6.42 Å². The highest BCUT2D eigenvalue weighted by Crippen LogP contribution is 1.87. The Bertz CT molecular complexity index is 217. The molecule has 0 aliphatic rings. The lowest BCUT2D eigenvalue weighted by Gasteiger charge is -1.77. The van der Waals surface area contributed by atoms with Gasteiger partial charge in [-0.25, -0.2) is 4.98 Å². The van der Waals surface area contributed by atoms with Gasteiger partial charge in [-0.2, -0.15) is 0 Å². The van der Waals surface area contributed by atoms with Crippen LogP contribution in [0.5, 0.6) is 0 Å². The van der Waals surface area contributed by atoms with Crippen LogP contribution in [0.1, 0.15) is 5.69 Å². The van der Waals surface area contributed by atoms with E-state index in [1.807, 2.05) is 11.6 Å². The Morgan fingerprint density at radius 3 is 2.88 bits per heavy atom. The largest absolute Gasteiger partial charge is 0.339 e. The van der Waals surface area contributed by atoms with E-state index < -0.39 is 0 Å². The van der Waals surface area contributed by atoms with Crippen LogP contribution in [-0.2, 0) is 7.05 Å². The van der Waals surface area contributed by atoms with E-state index in [0.717, 1.165) is 0 Å². The topological polar surface area (TPSA) is 17.8 Å². The molecular formula is C6H6N2. The van der Waals surface area contributed by atoms with Gasteiger partial charge < -0.3 is 4.57 Å². The first-order valence-electron chi connectivity index (χ1n) is 2.27. The highest BCUT2D eigenvalue weighted by atomic mass is 15.0. The summed E-state index contributed by atoms with van der Waals surface area (Å²) in [5, 5.41) is 0. The van der Waals surface area contributed by atoms with Crippen molar-refractivity contribution in [3.8, 4) is 12.3 Å². The van der Waals surface area contributed by atoms with Gasteiger partial charge in [0.25, 0.3) is 0 Å². The molecule has 0 aliphatic carbocycles. The van der Waals surface area contributed by atoms with Crippen LogP contribution in [0.25, 0.3) is 0 Å². The molecule has 1 aromatic rings. The van der Waals surface area contributed by atoms with Gasteiger partial charge in [-0.05, 0) is 5.92 Å². The first kappa shape index (κ1) is 4.92. The molecule has 8 heavy (non-hydrogen) atoms. The van der Waals surface area contributed by atoms with Crippen molar-refractivity contribution in [2.45, 2.75) is 0 Å². The van der Waals surface area contributed by atoms with Crippen molar-refractivity contribution in [2.24, 2.45) is 7.05 Å². The third-order valence-electron chi connectivity index (χ3n) is 0.853. The Labute approximate surface area is 48.2 Å². The summed E-state index contributed by atoms with van der Waals surface area (Å²) < 4.78 is 1.81. The van der Waals surface area contributed by atoms with Gasteiger partial charge >= 0.3 is 0 Å². The molecule has 40 valence electrons. The van der Waals surface area contributed by atoms with Crippen molar-refractivity contribution in [1.29, 1.82) is 0 Å². The molecule has 0 radical (unpaired) electrons. The van der Waals surface area contributed by atoms with Crippen LogP contribution in [-0.4, -0.2) is 9.55 Å². The first-order chi connectivity index (χ1) is 3.83. The third kappa shape index (κ3) is 0.710. The standard InChI is InChI=1S/C6H6N2/c1-3-6-4-8(2)5-7-6/h1,4-5H,2H3. The van der Waals surface area contributed by atoms with Gasteiger partial charge in [-0.15, -0.1) is 6.42 Å². The number of nitrogens with zero attached hydrogens (tertiary/aromatic N) is 2. The summed E-state index contributed by atoms with van der Waals surface area (Å²) in [6.07, 6.45) is 8.50. The zero-order valence-electron chi connectivity index (χ0n) is 4.63. The lowest BCUT2D eigenvalue weighted by atomic mass is 10.5. The summed E-state index contributed by atoms with van der Waals surface area (Å²) in [5.74, 6) is 2.42. The second kappa shape index (κ2) is 1.71. The smallest absolute Gasteiger partial charge is 0.130 e. The van der Waals surface area contributed by atoms with E-state index in [9.17, 15) is 0 Å². The lowest BCUT2D eigenvalue weighted by molar-refractivity contribution is 0.913. The Morgan fingerprint density at radius 1 is 1.88 bits per heavy atom. The van der Waals surface area contributed by atoms with E-state index >= 15 is 0 Å². The van der Waals surface area contributed by atoms with Crippen LogP contribution in [0.4, 0.5) is 0 Å². The number of rotatable bonds is 0. The molecule has 1 aromatic heterocycles. The van der Waals surface area contributed by atoms with Crippen LogP contribution < -0.4 is 0 Å². The van der Waals surface area contributed by atoms with Gasteiger partial charge in [-0.3, -0.25) is 0 Å². The van der Waals surface area contributed by atoms with Crippen molar-refractivity contribution in [2.75, 3.05) is 0 Å². The summed E-state index contributed by atoms with van der Waals surface area (Å²) in [6.45, 7) is 0. The van der Waals surface area contributed by atoms with Crippen molar-refractivity contribution in [1.82, 2.24) is 9.55 Å². The molecule has 0 saturated heterocycles. The monoisotopic (exact) mass is 106 g/mol. The molecule has 0 atom stereocenters. The fourth-order valence-electron chi connectivity index (χ4n) is 0.487. The molecule has 2 nitrogen and oxygen atoms in total.